The summed E-state index contributed by atoms with van der Waals surface area (Å²) in [5.74, 6) is 0. The highest BCUT2D eigenvalue weighted by atomic mass is 127. The Morgan fingerprint density at radius 2 is 1.95 bits per heavy atom. The predicted octanol–water partition coefficient (Wildman–Crippen LogP) is 4.71. The van der Waals surface area contributed by atoms with Gasteiger partial charge in [-0.05, 0) is 52.4 Å². The lowest BCUT2D eigenvalue weighted by molar-refractivity contribution is 0.185. The maximum Gasteiger partial charge on any atom is 0.124 e. The lowest BCUT2D eigenvalue weighted by Gasteiger charge is -1.97. The van der Waals surface area contributed by atoms with Crippen molar-refractivity contribution in [2.75, 3.05) is 7.11 Å². The van der Waals surface area contributed by atoms with Crippen LogP contribution in [0.5, 0.6) is 0 Å². The highest BCUT2D eigenvalue weighted by Gasteiger charge is 2.06. The van der Waals surface area contributed by atoms with Crippen LogP contribution < -0.4 is 0 Å². The van der Waals surface area contributed by atoms with E-state index in [1.165, 1.54) is 19.4 Å². The Morgan fingerprint density at radius 3 is 2.68 bits per heavy atom. The molecular weight excluding hydrogens is 369 g/mol. The molecular formula is C15H12INOS. The Balaban J connectivity index is 2.03. The SMILES string of the molecule is COCc1ccc2nc(-c3ccc(I)cc3)sc2c1. The number of aromatic nitrogens is 1. The fourth-order valence-electron chi connectivity index (χ4n) is 1.94. The zero-order chi connectivity index (χ0) is 13.2. The molecule has 3 aromatic rings. The summed E-state index contributed by atoms with van der Waals surface area (Å²) in [7, 11) is 1.72. The molecule has 0 bridgehead atoms. The second-order valence-electron chi connectivity index (χ2n) is 4.26. The first-order valence-corrected chi connectivity index (χ1v) is 7.80. The van der Waals surface area contributed by atoms with E-state index < -0.39 is 0 Å². The normalized spacial score (nSPS) is 11.1. The molecule has 0 amide bonds. The monoisotopic (exact) mass is 381 g/mol. The Hall–Kier alpha value is -0.980. The van der Waals surface area contributed by atoms with Gasteiger partial charge in [-0.3, -0.25) is 0 Å². The molecule has 0 fully saturated rings. The number of hydrogen-bond donors (Lipinski definition) is 0. The van der Waals surface area contributed by atoms with Crippen molar-refractivity contribution in [3.8, 4) is 10.6 Å². The molecule has 0 aliphatic carbocycles. The lowest BCUT2D eigenvalue weighted by atomic mass is 10.2. The van der Waals surface area contributed by atoms with Crippen molar-refractivity contribution in [1.29, 1.82) is 0 Å². The van der Waals surface area contributed by atoms with Crippen molar-refractivity contribution >= 4 is 44.1 Å². The third kappa shape index (κ3) is 2.80. The molecule has 0 spiro atoms. The van der Waals surface area contributed by atoms with Crippen LogP contribution in [0.25, 0.3) is 20.8 Å². The largest absolute Gasteiger partial charge is 0.380 e. The van der Waals surface area contributed by atoms with E-state index in [4.69, 9.17) is 4.74 Å². The van der Waals surface area contributed by atoms with Gasteiger partial charge < -0.3 is 4.74 Å². The van der Waals surface area contributed by atoms with Crippen molar-refractivity contribution in [3.05, 3.63) is 51.6 Å². The van der Waals surface area contributed by atoms with E-state index in [1.807, 2.05) is 0 Å². The van der Waals surface area contributed by atoms with Crippen LogP contribution >= 0.6 is 33.9 Å². The predicted molar refractivity (Wildman–Crippen MR) is 88.5 cm³/mol. The summed E-state index contributed by atoms with van der Waals surface area (Å²) >= 11 is 4.04. The summed E-state index contributed by atoms with van der Waals surface area (Å²) in [6.45, 7) is 0.646. The van der Waals surface area contributed by atoms with Gasteiger partial charge >= 0.3 is 0 Å². The first kappa shape index (κ1) is 13.0. The molecule has 0 saturated carbocycles. The maximum absolute atomic E-state index is 5.16. The minimum absolute atomic E-state index is 0.646. The van der Waals surface area contributed by atoms with Crippen LogP contribution in [-0.2, 0) is 11.3 Å². The average Bonchev–Trinajstić information content (AvgIpc) is 2.83. The number of halogens is 1. The Kier molecular flexibility index (Phi) is 3.81. The van der Waals surface area contributed by atoms with Gasteiger partial charge in [0.25, 0.3) is 0 Å². The summed E-state index contributed by atoms with van der Waals surface area (Å²) in [5.41, 5.74) is 3.42. The van der Waals surface area contributed by atoms with Crippen molar-refractivity contribution in [1.82, 2.24) is 4.98 Å². The molecule has 0 radical (unpaired) electrons. The smallest absolute Gasteiger partial charge is 0.124 e. The van der Waals surface area contributed by atoms with Crippen LogP contribution in [0.15, 0.2) is 42.5 Å². The molecule has 1 aromatic heterocycles. The molecule has 0 atom stereocenters. The number of nitrogens with zero attached hydrogens (tertiary/aromatic N) is 1. The van der Waals surface area contributed by atoms with Gasteiger partial charge in [0, 0.05) is 16.2 Å². The van der Waals surface area contributed by atoms with E-state index in [9.17, 15) is 0 Å². The summed E-state index contributed by atoms with van der Waals surface area (Å²) in [6, 6.07) is 14.8. The third-order valence-electron chi connectivity index (χ3n) is 2.86. The molecule has 96 valence electrons. The van der Waals surface area contributed by atoms with E-state index in [0.717, 1.165) is 10.5 Å². The van der Waals surface area contributed by atoms with Gasteiger partial charge in [0.05, 0.1) is 16.8 Å². The van der Waals surface area contributed by atoms with Crippen molar-refractivity contribution in [2.45, 2.75) is 6.61 Å². The third-order valence-corrected chi connectivity index (χ3v) is 4.64. The van der Waals surface area contributed by atoms with E-state index >= 15 is 0 Å². The van der Waals surface area contributed by atoms with Gasteiger partial charge in [-0.25, -0.2) is 4.98 Å². The number of ether oxygens (including phenoxy) is 1. The van der Waals surface area contributed by atoms with E-state index in [1.54, 1.807) is 18.4 Å². The Bertz CT molecular complexity index is 706. The van der Waals surface area contributed by atoms with Crippen molar-refractivity contribution < 1.29 is 4.74 Å². The van der Waals surface area contributed by atoms with Crippen LogP contribution in [0.2, 0.25) is 0 Å². The molecule has 0 N–H and O–H groups in total. The van der Waals surface area contributed by atoms with Gasteiger partial charge in [-0.15, -0.1) is 11.3 Å². The highest BCUT2D eigenvalue weighted by Crippen LogP contribution is 2.31. The van der Waals surface area contributed by atoms with E-state index in [-0.39, 0.29) is 0 Å². The van der Waals surface area contributed by atoms with E-state index in [2.05, 4.69) is 70.0 Å². The highest BCUT2D eigenvalue weighted by molar-refractivity contribution is 14.1. The molecule has 4 heteroatoms. The van der Waals surface area contributed by atoms with Gasteiger partial charge in [0.15, 0.2) is 0 Å². The first-order valence-electron chi connectivity index (χ1n) is 5.90. The lowest BCUT2D eigenvalue weighted by Crippen LogP contribution is -1.85. The molecule has 2 aromatic carbocycles. The summed E-state index contributed by atoms with van der Waals surface area (Å²) in [5, 5.41) is 1.07. The topological polar surface area (TPSA) is 22.1 Å². The minimum atomic E-state index is 0.646. The average molecular weight is 381 g/mol. The molecule has 0 aliphatic rings. The van der Waals surface area contributed by atoms with Crippen LogP contribution in [0.1, 0.15) is 5.56 Å². The number of hydrogen-bond acceptors (Lipinski definition) is 3. The van der Waals surface area contributed by atoms with Gasteiger partial charge in [-0.2, -0.15) is 0 Å². The summed E-state index contributed by atoms with van der Waals surface area (Å²) < 4.78 is 7.62. The molecule has 0 aliphatic heterocycles. The second-order valence-corrected chi connectivity index (χ2v) is 6.54. The van der Waals surface area contributed by atoms with Crippen LogP contribution in [0, 0.1) is 3.57 Å². The number of benzene rings is 2. The van der Waals surface area contributed by atoms with Crippen molar-refractivity contribution in [2.24, 2.45) is 0 Å². The molecule has 0 saturated heterocycles. The fourth-order valence-corrected chi connectivity index (χ4v) is 3.34. The fraction of sp³-hybridized carbons (Fsp3) is 0.133. The number of thiazole rings is 1. The molecule has 0 unspecified atom stereocenters. The summed E-state index contributed by atoms with van der Waals surface area (Å²) in [6.07, 6.45) is 0. The van der Waals surface area contributed by atoms with Crippen LogP contribution in [0.3, 0.4) is 0 Å². The zero-order valence-electron chi connectivity index (χ0n) is 10.4. The van der Waals surface area contributed by atoms with Crippen LogP contribution in [-0.4, -0.2) is 12.1 Å². The Labute approximate surface area is 129 Å². The molecule has 19 heavy (non-hydrogen) atoms. The van der Waals surface area contributed by atoms with E-state index in [0.29, 0.717) is 6.61 Å². The quantitative estimate of drug-likeness (QED) is 0.613. The number of rotatable bonds is 3. The zero-order valence-corrected chi connectivity index (χ0v) is 13.4. The second kappa shape index (κ2) is 5.56. The number of methoxy groups -OCH3 is 1. The molecule has 1 heterocycles. The standard InChI is InChI=1S/C15H12INOS/c1-18-9-10-2-7-13-14(8-10)19-15(17-13)11-3-5-12(16)6-4-11/h2-8H,9H2,1H3. The summed E-state index contributed by atoms with van der Waals surface area (Å²) in [4.78, 5) is 4.69. The molecule has 2 nitrogen and oxygen atoms in total. The van der Waals surface area contributed by atoms with Gasteiger partial charge in [0.2, 0.25) is 0 Å². The van der Waals surface area contributed by atoms with Gasteiger partial charge in [0.1, 0.15) is 5.01 Å². The minimum Gasteiger partial charge on any atom is -0.380 e. The first-order chi connectivity index (χ1) is 9.26. The molecule has 3 rings (SSSR count). The maximum atomic E-state index is 5.16. The number of fused-ring (bicyclic) bond motifs is 1. The van der Waals surface area contributed by atoms with Gasteiger partial charge in [-0.1, -0.05) is 18.2 Å². The van der Waals surface area contributed by atoms with Crippen LogP contribution in [0.4, 0.5) is 0 Å². The van der Waals surface area contributed by atoms with Crippen molar-refractivity contribution in [3.63, 3.8) is 0 Å². The Morgan fingerprint density at radius 1 is 1.16 bits per heavy atom.